The molecule has 2 aromatic carbocycles. The zero-order valence-corrected chi connectivity index (χ0v) is 19.6. The van der Waals surface area contributed by atoms with Crippen molar-refractivity contribution in [1.29, 1.82) is 0 Å². The standard InChI is InChI=1S/C22H22N6O7S/c29-19(13-4-2-1-3-5-13)23-16-8-6-14(7-9-16)21(31)25-26-22(36)24-20(30)15-10-17(27(32)33)12-18(11-15)28(34)35/h6-13H,1-5H2,(H,23,29)(H,25,31)(H2,24,26,30,36). The van der Waals surface area contributed by atoms with Crippen LogP contribution in [0.3, 0.4) is 0 Å². The Morgan fingerprint density at radius 1 is 0.806 bits per heavy atom. The fourth-order valence-corrected chi connectivity index (χ4v) is 3.79. The van der Waals surface area contributed by atoms with Crippen molar-refractivity contribution in [3.63, 3.8) is 0 Å². The van der Waals surface area contributed by atoms with Crippen molar-refractivity contribution in [3.8, 4) is 0 Å². The smallest absolute Gasteiger partial charge is 0.277 e. The first-order chi connectivity index (χ1) is 17.1. The molecule has 3 rings (SSSR count). The highest BCUT2D eigenvalue weighted by Gasteiger charge is 2.22. The predicted octanol–water partition coefficient (Wildman–Crippen LogP) is 2.97. The number of hydrogen-bond acceptors (Lipinski definition) is 8. The first kappa shape index (κ1) is 26.2. The van der Waals surface area contributed by atoms with E-state index in [4.69, 9.17) is 12.2 Å². The number of carbonyl (C=O) groups is 3. The Kier molecular flexibility index (Phi) is 8.57. The van der Waals surface area contributed by atoms with Gasteiger partial charge < -0.3 is 5.32 Å². The maximum atomic E-state index is 12.3. The summed E-state index contributed by atoms with van der Waals surface area (Å²) in [7, 11) is 0. The molecule has 0 heterocycles. The molecule has 1 fully saturated rings. The van der Waals surface area contributed by atoms with Crippen LogP contribution in [0, 0.1) is 26.1 Å². The van der Waals surface area contributed by atoms with Gasteiger partial charge in [0.25, 0.3) is 23.2 Å². The quantitative estimate of drug-likeness (QED) is 0.255. The van der Waals surface area contributed by atoms with Crippen LogP contribution in [-0.2, 0) is 4.79 Å². The van der Waals surface area contributed by atoms with Crippen molar-refractivity contribution in [3.05, 3.63) is 73.8 Å². The van der Waals surface area contributed by atoms with E-state index in [1.54, 1.807) is 12.1 Å². The number of rotatable bonds is 6. The molecule has 14 heteroatoms. The van der Waals surface area contributed by atoms with Gasteiger partial charge in [0.1, 0.15) is 0 Å². The molecule has 1 saturated carbocycles. The number of nitrogens with zero attached hydrogens (tertiary/aromatic N) is 2. The molecule has 1 aliphatic rings. The fraction of sp³-hybridized carbons (Fsp3) is 0.273. The monoisotopic (exact) mass is 514 g/mol. The van der Waals surface area contributed by atoms with E-state index in [-0.39, 0.29) is 28.1 Å². The summed E-state index contributed by atoms with van der Waals surface area (Å²) in [5.74, 6) is -1.59. The second-order valence-electron chi connectivity index (χ2n) is 8.02. The van der Waals surface area contributed by atoms with Crippen LogP contribution in [0.15, 0.2) is 42.5 Å². The molecule has 188 valence electrons. The fourth-order valence-electron chi connectivity index (χ4n) is 3.64. The van der Waals surface area contributed by atoms with Crippen LogP contribution in [-0.4, -0.2) is 32.7 Å². The first-order valence-corrected chi connectivity index (χ1v) is 11.3. The van der Waals surface area contributed by atoms with Crippen molar-refractivity contribution in [2.45, 2.75) is 32.1 Å². The lowest BCUT2D eigenvalue weighted by Crippen LogP contribution is -2.48. The minimum atomic E-state index is -0.952. The zero-order valence-electron chi connectivity index (χ0n) is 18.8. The number of thiocarbonyl (C=S) groups is 1. The van der Waals surface area contributed by atoms with Crippen LogP contribution in [0.5, 0.6) is 0 Å². The van der Waals surface area contributed by atoms with E-state index in [1.807, 2.05) is 0 Å². The van der Waals surface area contributed by atoms with Gasteiger partial charge in [-0.25, -0.2) is 0 Å². The maximum Gasteiger partial charge on any atom is 0.277 e. The number of anilines is 1. The van der Waals surface area contributed by atoms with Crippen molar-refractivity contribution in [1.82, 2.24) is 16.2 Å². The minimum Gasteiger partial charge on any atom is -0.326 e. The van der Waals surface area contributed by atoms with Gasteiger partial charge in [-0.3, -0.25) is 50.8 Å². The van der Waals surface area contributed by atoms with Crippen LogP contribution >= 0.6 is 12.2 Å². The average molecular weight is 515 g/mol. The van der Waals surface area contributed by atoms with Crippen molar-refractivity contribution < 1.29 is 24.2 Å². The Balaban J connectivity index is 1.52. The Hall–Kier alpha value is -4.46. The van der Waals surface area contributed by atoms with Gasteiger partial charge in [-0.1, -0.05) is 19.3 Å². The molecule has 1 aliphatic carbocycles. The van der Waals surface area contributed by atoms with Crippen molar-refractivity contribution in [2.75, 3.05) is 5.32 Å². The lowest BCUT2D eigenvalue weighted by atomic mass is 9.88. The largest absolute Gasteiger partial charge is 0.326 e. The van der Waals surface area contributed by atoms with Gasteiger partial charge in [0.15, 0.2) is 5.11 Å². The van der Waals surface area contributed by atoms with Crippen LogP contribution in [0.1, 0.15) is 52.8 Å². The predicted molar refractivity (Wildman–Crippen MR) is 132 cm³/mol. The number of benzene rings is 2. The van der Waals surface area contributed by atoms with E-state index < -0.39 is 33.0 Å². The molecular weight excluding hydrogens is 492 g/mol. The molecule has 13 nitrogen and oxygen atoms in total. The molecule has 0 atom stereocenters. The van der Waals surface area contributed by atoms with Gasteiger partial charge in [0.05, 0.1) is 21.5 Å². The van der Waals surface area contributed by atoms with E-state index in [0.29, 0.717) is 5.69 Å². The summed E-state index contributed by atoms with van der Waals surface area (Å²) >= 11 is 4.92. The molecular formula is C22H22N6O7S. The highest BCUT2D eigenvalue weighted by Crippen LogP contribution is 2.25. The van der Waals surface area contributed by atoms with Gasteiger partial charge in [-0.15, -0.1) is 0 Å². The molecule has 0 aromatic heterocycles. The van der Waals surface area contributed by atoms with E-state index in [0.717, 1.165) is 50.3 Å². The third kappa shape index (κ3) is 7.02. The van der Waals surface area contributed by atoms with Crippen molar-refractivity contribution >= 4 is 52.1 Å². The highest BCUT2D eigenvalue weighted by molar-refractivity contribution is 7.80. The van der Waals surface area contributed by atoms with Gasteiger partial charge in [-0.2, -0.15) is 0 Å². The number of hydrogen-bond donors (Lipinski definition) is 4. The molecule has 4 N–H and O–H groups in total. The lowest BCUT2D eigenvalue weighted by Gasteiger charge is -2.20. The molecule has 0 radical (unpaired) electrons. The van der Waals surface area contributed by atoms with E-state index >= 15 is 0 Å². The molecule has 3 amide bonds. The molecule has 0 saturated heterocycles. The number of hydrazine groups is 1. The number of nitro benzene ring substituents is 2. The van der Waals surface area contributed by atoms with Crippen molar-refractivity contribution in [2.24, 2.45) is 5.92 Å². The van der Waals surface area contributed by atoms with Gasteiger partial charge in [-0.05, 0) is 49.3 Å². The van der Waals surface area contributed by atoms with Gasteiger partial charge in [0.2, 0.25) is 5.91 Å². The molecule has 0 unspecified atom stereocenters. The summed E-state index contributed by atoms with van der Waals surface area (Å²) < 4.78 is 0. The molecule has 0 aliphatic heterocycles. The van der Waals surface area contributed by atoms with E-state index in [1.165, 1.54) is 12.1 Å². The summed E-state index contributed by atoms with van der Waals surface area (Å²) in [5, 5.41) is 26.6. The summed E-state index contributed by atoms with van der Waals surface area (Å²) in [6.07, 6.45) is 4.96. The van der Waals surface area contributed by atoms with Crippen LogP contribution < -0.4 is 21.5 Å². The third-order valence-electron chi connectivity index (χ3n) is 5.49. The average Bonchev–Trinajstić information content (AvgIpc) is 2.87. The summed E-state index contributed by atoms with van der Waals surface area (Å²) in [5.41, 5.74) is 3.74. The van der Waals surface area contributed by atoms with E-state index in [9.17, 15) is 34.6 Å². The number of nitrogens with one attached hydrogen (secondary N) is 4. The maximum absolute atomic E-state index is 12.3. The first-order valence-electron chi connectivity index (χ1n) is 10.9. The molecule has 0 spiro atoms. The number of non-ortho nitro benzene ring substituents is 2. The Morgan fingerprint density at radius 2 is 1.39 bits per heavy atom. The number of carbonyl (C=O) groups excluding carboxylic acids is 3. The van der Waals surface area contributed by atoms with Crippen LogP contribution in [0.2, 0.25) is 0 Å². The van der Waals surface area contributed by atoms with Gasteiger partial charge >= 0.3 is 0 Å². The normalized spacial score (nSPS) is 13.2. The number of amides is 3. The Labute approximate surface area is 209 Å². The SMILES string of the molecule is O=C(NNC(=S)NC(=O)c1cc([N+](=O)[O-])cc([N+](=O)[O-])c1)c1ccc(NC(=O)C2CCCCC2)cc1. The minimum absolute atomic E-state index is 0.00434. The Bertz CT molecular complexity index is 1180. The summed E-state index contributed by atoms with van der Waals surface area (Å²) in [6.45, 7) is 0. The second-order valence-corrected chi connectivity index (χ2v) is 8.42. The topological polar surface area (TPSA) is 186 Å². The highest BCUT2D eigenvalue weighted by atomic mass is 32.1. The molecule has 2 aromatic rings. The zero-order chi connectivity index (χ0) is 26.2. The number of nitro groups is 2. The Morgan fingerprint density at radius 3 is 1.94 bits per heavy atom. The van der Waals surface area contributed by atoms with Crippen LogP contribution in [0.4, 0.5) is 17.1 Å². The van der Waals surface area contributed by atoms with E-state index in [2.05, 4.69) is 21.5 Å². The second kappa shape index (κ2) is 11.8. The summed E-state index contributed by atoms with van der Waals surface area (Å²) in [6, 6.07) is 8.61. The molecule has 36 heavy (non-hydrogen) atoms. The lowest BCUT2D eigenvalue weighted by molar-refractivity contribution is -0.394. The summed E-state index contributed by atoms with van der Waals surface area (Å²) in [4.78, 5) is 57.2. The van der Waals surface area contributed by atoms with Gasteiger partial charge in [0, 0.05) is 29.3 Å². The third-order valence-corrected chi connectivity index (χ3v) is 5.70. The molecule has 0 bridgehead atoms. The van der Waals surface area contributed by atoms with Crippen LogP contribution in [0.25, 0.3) is 0 Å².